The molecule has 1 heterocycles. The highest BCUT2D eigenvalue weighted by atomic mass is 35.5. The summed E-state index contributed by atoms with van der Waals surface area (Å²) in [6, 6.07) is 5.74. The van der Waals surface area contributed by atoms with Gasteiger partial charge in [-0.05, 0) is 58.6 Å². The molecule has 6 nitrogen and oxygen atoms in total. The van der Waals surface area contributed by atoms with E-state index in [9.17, 15) is 4.79 Å². The molecule has 154 valence electrons. The van der Waals surface area contributed by atoms with Crippen molar-refractivity contribution in [2.24, 2.45) is 0 Å². The fraction of sp³-hybridized carbons (Fsp3) is 0.526. The van der Waals surface area contributed by atoms with Crippen LogP contribution in [0.25, 0.3) is 0 Å². The summed E-state index contributed by atoms with van der Waals surface area (Å²) in [6.45, 7) is 6.22. The SMILES string of the molecule is CC(C)n1cnnc1SCC(=O)N(CCCN(C)C)Cc1ccc(Cl)c(Cl)c1. The third-order valence-electron chi connectivity index (χ3n) is 4.16. The highest BCUT2D eigenvalue weighted by Gasteiger charge is 2.17. The van der Waals surface area contributed by atoms with E-state index in [1.165, 1.54) is 11.8 Å². The lowest BCUT2D eigenvalue weighted by Crippen LogP contribution is -2.34. The Kier molecular flexibility index (Phi) is 9.08. The summed E-state index contributed by atoms with van der Waals surface area (Å²) in [5.74, 6) is 0.377. The lowest BCUT2D eigenvalue weighted by molar-refractivity contribution is -0.129. The minimum absolute atomic E-state index is 0.0631. The lowest BCUT2D eigenvalue weighted by Gasteiger charge is -2.24. The van der Waals surface area contributed by atoms with Gasteiger partial charge in [-0.15, -0.1) is 10.2 Å². The van der Waals surface area contributed by atoms with Gasteiger partial charge in [-0.3, -0.25) is 4.79 Å². The van der Waals surface area contributed by atoms with E-state index in [1.54, 1.807) is 12.4 Å². The van der Waals surface area contributed by atoms with Crippen LogP contribution in [0.5, 0.6) is 0 Å². The molecule has 2 rings (SSSR count). The topological polar surface area (TPSA) is 54.3 Å². The molecule has 0 aliphatic carbocycles. The minimum Gasteiger partial charge on any atom is -0.338 e. The first kappa shape index (κ1) is 23.0. The number of benzene rings is 1. The van der Waals surface area contributed by atoms with E-state index in [-0.39, 0.29) is 11.9 Å². The second-order valence-corrected chi connectivity index (χ2v) is 8.88. The van der Waals surface area contributed by atoms with Crippen molar-refractivity contribution in [3.05, 3.63) is 40.1 Å². The first-order chi connectivity index (χ1) is 13.3. The van der Waals surface area contributed by atoms with E-state index >= 15 is 0 Å². The summed E-state index contributed by atoms with van der Waals surface area (Å²) < 4.78 is 1.97. The molecule has 0 unspecified atom stereocenters. The van der Waals surface area contributed by atoms with Gasteiger partial charge in [0.25, 0.3) is 0 Å². The summed E-state index contributed by atoms with van der Waals surface area (Å²) in [4.78, 5) is 16.9. The summed E-state index contributed by atoms with van der Waals surface area (Å²) >= 11 is 13.6. The quantitative estimate of drug-likeness (QED) is 0.513. The van der Waals surface area contributed by atoms with Gasteiger partial charge in [-0.1, -0.05) is 41.0 Å². The summed E-state index contributed by atoms with van der Waals surface area (Å²) in [5, 5.41) is 9.85. The Morgan fingerprint density at radius 2 is 1.96 bits per heavy atom. The van der Waals surface area contributed by atoms with Crippen LogP contribution in [-0.4, -0.2) is 63.4 Å². The van der Waals surface area contributed by atoms with Crippen LogP contribution in [0.1, 0.15) is 31.9 Å². The van der Waals surface area contributed by atoms with Gasteiger partial charge in [0.1, 0.15) is 6.33 Å². The van der Waals surface area contributed by atoms with Gasteiger partial charge in [0.15, 0.2) is 5.16 Å². The molecule has 1 amide bonds. The maximum atomic E-state index is 12.9. The standard InChI is InChI=1S/C19H27Cl2N5OS/c1-14(2)26-13-22-23-19(26)28-12-18(27)25(9-5-8-24(3)4)11-15-6-7-16(20)17(21)10-15/h6-7,10,13-14H,5,8-9,11-12H2,1-4H3. The Morgan fingerprint density at radius 3 is 2.61 bits per heavy atom. The summed E-state index contributed by atoms with van der Waals surface area (Å²) in [6.07, 6.45) is 2.59. The van der Waals surface area contributed by atoms with Crippen LogP contribution in [0.4, 0.5) is 0 Å². The molecule has 0 N–H and O–H groups in total. The largest absolute Gasteiger partial charge is 0.338 e. The number of carbonyl (C=O) groups is 1. The smallest absolute Gasteiger partial charge is 0.233 e. The molecule has 0 saturated heterocycles. The Morgan fingerprint density at radius 1 is 1.21 bits per heavy atom. The molecule has 28 heavy (non-hydrogen) atoms. The maximum Gasteiger partial charge on any atom is 0.233 e. The highest BCUT2D eigenvalue weighted by molar-refractivity contribution is 7.99. The Bertz CT molecular complexity index is 781. The van der Waals surface area contributed by atoms with Gasteiger partial charge in [-0.2, -0.15) is 0 Å². The van der Waals surface area contributed by atoms with Gasteiger partial charge in [0, 0.05) is 19.1 Å². The highest BCUT2D eigenvalue weighted by Crippen LogP contribution is 2.24. The zero-order valence-corrected chi connectivity index (χ0v) is 19.1. The summed E-state index contributed by atoms with van der Waals surface area (Å²) in [7, 11) is 4.06. The monoisotopic (exact) mass is 443 g/mol. The van der Waals surface area contributed by atoms with Crippen LogP contribution in [0, 0.1) is 0 Å². The Labute approximate surface area is 181 Å². The average molecular weight is 444 g/mol. The number of amides is 1. The van der Waals surface area contributed by atoms with E-state index in [2.05, 4.69) is 28.9 Å². The number of rotatable bonds is 10. The molecule has 1 aromatic heterocycles. The van der Waals surface area contributed by atoms with E-state index in [0.29, 0.717) is 28.9 Å². The van der Waals surface area contributed by atoms with Crippen molar-refractivity contribution in [1.82, 2.24) is 24.6 Å². The fourth-order valence-electron chi connectivity index (χ4n) is 2.64. The normalized spacial score (nSPS) is 11.4. The first-order valence-corrected chi connectivity index (χ1v) is 10.9. The minimum atomic E-state index is 0.0631. The van der Waals surface area contributed by atoms with E-state index < -0.39 is 0 Å². The molecule has 2 aromatic rings. The molecule has 0 spiro atoms. The van der Waals surface area contributed by atoms with E-state index in [0.717, 1.165) is 23.7 Å². The van der Waals surface area contributed by atoms with Gasteiger partial charge >= 0.3 is 0 Å². The number of aromatic nitrogens is 3. The molecule has 0 radical (unpaired) electrons. The van der Waals surface area contributed by atoms with Crippen LogP contribution in [0.3, 0.4) is 0 Å². The van der Waals surface area contributed by atoms with Crippen molar-refractivity contribution in [3.63, 3.8) is 0 Å². The summed E-state index contributed by atoms with van der Waals surface area (Å²) in [5.41, 5.74) is 0.961. The Hall–Kier alpha value is -1.28. The second-order valence-electron chi connectivity index (χ2n) is 7.12. The maximum absolute atomic E-state index is 12.9. The number of nitrogens with zero attached hydrogens (tertiary/aromatic N) is 5. The Balaban J connectivity index is 2.04. The second kappa shape index (κ2) is 11.0. The molecule has 0 aliphatic heterocycles. The third-order valence-corrected chi connectivity index (χ3v) is 5.85. The van der Waals surface area contributed by atoms with Crippen LogP contribution in [-0.2, 0) is 11.3 Å². The van der Waals surface area contributed by atoms with Crippen molar-refractivity contribution in [2.45, 2.75) is 38.0 Å². The molecule has 0 bridgehead atoms. The molecule has 0 atom stereocenters. The van der Waals surface area contributed by atoms with Crippen molar-refractivity contribution in [2.75, 3.05) is 32.9 Å². The van der Waals surface area contributed by atoms with Crippen molar-refractivity contribution < 1.29 is 4.79 Å². The molecule has 0 saturated carbocycles. The number of hydrogen-bond donors (Lipinski definition) is 0. The van der Waals surface area contributed by atoms with E-state index in [4.69, 9.17) is 23.2 Å². The fourth-order valence-corrected chi connectivity index (χ4v) is 3.90. The number of halogens is 2. The number of carbonyl (C=O) groups excluding carboxylic acids is 1. The average Bonchev–Trinajstić information content (AvgIpc) is 3.10. The zero-order valence-electron chi connectivity index (χ0n) is 16.7. The van der Waals surface area contributed by atoms with Gasteiger partial charge < -0.3 is 14.4 Å². The predicted molar refractivity (Wildman–Crippen MR) is 116 cm³/mol. The van der Waals surface area contributed by atoms with Crippen molar-refractivity contribution >= 4 is 40.9 Å². The van der Waals surface area contributed by atoms with Gasteiger partial charge in [-0.25, -0.2) is 0 Å². The number of thioether (sulfide) groups is 1. The molecular formula is C19H27Cl2N5OS. The van der Waals surface area contributed by atoms with Crippen LogP contribution in [0.15, 0.2) is 29.7 Å². The molecule has 0 fully saturated rings. The molecular weight excluding hydrogens is 417 g/mol. The zero-order chi connectivity index (χ0) is 20.7. The molecule has 9 heteroatoms. The number of hydrogen-bond acceptors (Lipinski definition) is 5. The van der Waals surface area contributed by atoms with E-state index in [1.807, 2.05) is 35.7 Å². The van der Waals surface area contributed by atoms with Crippen LogP contribution in [0.2, 0.25) is 10.0 Å². The van der Waals surface area contributed by atoms with Crippen molar-refractivity contribution in [3.8, 4) is 0 Å². The molecule has 1 aromatic carbocycles. The first-order valence-electron chi connectivity index (χ1n) is 9.16. The lowest BCUT2D eigenvalue weighted by atomic mass is 10.2. The van der Waals surface area contributed by atoms with Crippen molar-refractivity contribution in [1.29, 1.82) is 0 Å². The van der Waals surface area contributed by atoms with Gasteiger partial charge in [0.2, 0.25) is 5.91 Å². The van der Waals surface area contributed by atoms with Crippen LogP contribution >= 0.6 is 35.0 Å². The molecule has 0 aliphatic rings. The van der Waals surface area contributed by atoms with Gasteiger partial charge in [0.05, 0.1) is 15.8 Å². The third kappa shape index (κ3) is 6.95. The predicted octanol–water partition coefficient (Wildman–Crippen LogP) is 4.24. The van der Waals surface area contributed by atoms with Crippen LogP contribution < -0.4 is 0 Å².